The lowest BCUT2D eigenvalue weighted by atomic mass is 9.35. The summed E-state index contributed by atoms with van der Waals surface area (Å²) < 4.78 is 0. The third-order valence-corrected chi connectivity index (χ3v) is 9.27. The fourth-order valence-electron chi connectivity index (χ4n) is 7.29. The molecule has 3 nitrogen and oxygen atoms in total. The second-order valence-corrected chi connectivity index (χ2v) is 12.6. The van der Waals surface area contributed by atoms with Gasteiger partial charge in [-0.05, 0) is 90.0 Å². The highest BCUT2D eigenvalue weighted by Crippen LogP contribution is 2.40. The first-order valence-electron chi connectivity index (χ1n) is 15.9. The zero-order chi connectivity index (χ0) is 31.4. The van der Waals surface area contributed by atoms with Crippen molar-refractivity contribution in [2.24, 2.45) is 0 Å². The summed E-state index contributed by atoms with van der Waals surface area (Å²) >= 11 is 0. The molecule has 0 unspecified atom stereocenters. The maximum Gasteiger partial charge on any atom is 0.246 e. The number of para-hydroxylation sites is 1. The van der Waals surface area contributed by atoms with E-state index in [1.54, 1.807) is 0 Å². The molecule has 5 aromatic carbocycles. The Hall–Kier alpha value is -5.48. The van der Waals surface area contributed by atoms with Crippen LogP contribution in [0.25, 0.3) is 33.3 Å². The monoisotopic (exact) mass is 591 g/mol. The van der Waals surface area contributed by atoms with E-state index in [1.807, 2.05) is 12.4 Å². The normalized spacial score (nSPS) is 12.3. The first-order chi connectivity index (χ1) is 22.5. The molecule has 0 amide bonds. The van der Waals surface area contributed by atoms with Gasteiger partial charge in [-0.25, -0.2) is 0 Å². The van der Waals surface area contributed by atoms with Crippen LogP contribution < -0.4 is 21.3 Å². The van der Waals surface area contributed by atoms with Crippen molar-refractivity contribution in [3.8, 4) is 22.5 Å². The maximum atomic E-state index is 4.91. The molecule has 220 valence electrons. The van der Waals surface area contributed by atoms with Gasteiger partial charge in [0.05, 0.1) is 17.1 Å². The molecule has 2 aromatic heterocycles. The Morgan fingerprint density at radius 2 is 1.11 bits per heavy atom. The Balaban J connectivity index is 1.39. The first kappa shape index (κ1) is 28.0. The molecule has 8 rings (SSSR count). The average Bonchev–Trinajstić information content (AvgIpc) is 3.07. The molecule has 0 saturated heterocycles. The minimum absolute atomic E-state index is 0.0221. The molecule has 4 heteroatoms. The van der Waals surface area contributed by atoms with Crippen molar-refractivity contribution < 1.29 is 0 Å². The van der Waals surface area contributed by atoms with Crippen molar-refractivity contribution in [1.82, 2.24) is 9.97 Å². The van der Waals surface area contributed by atoms with E-state index in [4.69, 9.17) is 9.97 Å². The van der Waals surface area contributed by atoms with Gasteiger partial charge < -0.3 is 4.90 Å². The lowest BCUT2D eigenvalue weighted by Crippen LogP contribution is -2.57. The molecular formula is C42H34BN3. The van der Waals surface area contributed by atoms with E-state index in [0.717, 1.165) is 22.5 Å². The third-order valence-electron chi connectivity index (χ3n) is 9.27. The SMILES string of the molecule is Cc1cnc(-c2cccc(B3c4ccccc4N(c4cccc5ccccc45)c4ccc(-c5ncc(C)cc5C)cc43)c2)c(C)c1. The molecule has 3 heterocycles. The van der Waals surface area contributed by atoms with Gasteiger partial charge in [-0.2, -0.15) is 0 Å². The van der Waals surface area contributed by atoms with E-state index in [9.17, 15) is 0 Å². The standard InChI is InChI=1S/C42H34BN3/c1-27-21-29(3)41(44-25-27)32-13-9-14-34(23-32)43-36-16-7-8-17-39(36)46(38-18-10-12-31-11-5-6-15-35(31)38)40-20-19-33(24-37(40)43)42-30(4)22-28(2)26-45-42/h5-26H,1-4H3. The van der Waals surface area contributed by atoms with Gasteiger partial charge in [0.25, 0.3) is 0 Å². The number of aromatic nitrogens is 2. The van der Waals surface area contributed by atoms with Crippen molar-refractivity contribution in [1.29, 1.82) is 0 Å². The van der Waals surface area contributed by atoms with Gasteiger partial charge in [-0.1, -0.05) is 109 Å². The summed E-state index contributed by atoms with van der Waals surface area (Å²) in [7, 11) is 0. The molecule has 7 aromatic rings. The van der Waals surface area contributed by atoms with E-state index in [-0.39, 0.29) is 6.71 Å². The van der Waals surface area contributed by atoms with Crippen LogP contribution in [0.15, 0.2) is 134 Å². The molecule has 46 heavy (non-hydrogen) atoms. The molecule has 0 N–H and O–H groups in total. The lowest BCUT2D eigenvalue weighted by molar-refractivity contribution is 1.22. The molecule has 0 fully saturated rings. The van der Waals surface area contributed by atoms with Gasteiger partial charge in [0.15, 0.2) is 0 Å². The molecule has 0 spiro atoms. The van der Waals surface area contributed by atoms with Crippen LogP contribution >= 0.6 is 0 Å². The van der Waals surface area contributed by atoms with Gasteiger partial charge in [0.2, 0.25) is 6.71 Å². The number of pyridine rings is 2. The molecule has 1 aliphatic rings. The van der Waals surface area contributed by atoms with Crippen LogP contribution in [0, 0.1) is 27.7 Å². The van der Waals surface area contributed by atoms with Gasteiger partial charge in [0, 0.05) is 34.7 Å². The Morgan fingerprint density at radius 1 is 0.500 bits per heavy atom. The number of rotatable bonds is 4. The molecule has 0 bridgehead atoms. The second-order valence-electron chi connectivity index (χ2n) is 12.6. The summed E-state index contributed by atoms with van der Waals surface area (Å²) in [6.07, 6.45) is 3.93. The third kappa shape index (κ3) is 4.69. The Morgan fingerprint density at radius 3 is 1.87 bits per heavy atom. The maximum absolute atomic E-state index is 4.91. The Kier molecular flexibility index (Phi) is 6.80. The highest BCUT2D eigenvalue weighted by atomic mass is 15.2. The summed E-state index contributed by atoms with van der Waals surface area (Å²) in [5.41, 5.74) is 16.4. The van der Waals surface area contributed by atoms with Gasteiger partial charge in [0.1, 0.15) is 0 Å². The van der Waals surface area contributed by atoms with Crippen LogP contribution in [0.2, 0.25) is 0 Å². The number of anilines is 3. The number of fused-ring (bicyclic) bond motifs is 3. The van der Waals surface area contributed by atoms with Crippen LogP contribution in [-0.4, -0.2) is 16.7 Å². The summed E-state index contributed by atoms with van der Waals surface area (Å²) in [6, 6.07) is 44.5. The lowest BCUT2D eigenvalue weighted by Gasteiger charge is -2.38. The molecule has 0 saturated carbocycles. The van der Waals surface area contributed by atoms with Crippen LogP contribution in [-0.2, 0) is 0 Å². The van der Waals surface area contributed by atoms with E-state index in [2.05, 4.69) is 154 Å². The van der Waals surface area contributed by atoms with Crippen molar-refractivity contribution >= 4 is 50.9 Å². The molecule has 0 atom stereocenters. The van der Waals surface area contributed by atoms with Crippen molar-refractivity contribution in [3.63, 3.8) is 0 Å². The summed E-state index contributed by atoms with van der Waals surface area (Å²) in [5.74, 6) is 0. The number of aryl methyl sites for hydroxylation is 4. The van der Waals surface area contributed by atoms with Crippen molar-refractivity contribution in [2.75, 3.05) is 4.90 Å². The summed E-state index contributed by atoms with van der Waals surface area (Å²) in [5, 5.41) is 2.46. The van der Waals surface area contributed by atoms with Gasteiger partial charge in [-0.3, -0.25) is 9.97 Å². The van der Waals surface area contributed by atoms with Crippen molar-refractivity contribution in [3.05, 3.63) is 156 Å². The van der Waals surface area contributed by atoms with E-state index in [1.165, 1.54) is 66.5 Å². The van der Waals surface area contributed by atoms with Crippen molar-refractivity contribution in [2.45, 2.75) is 27.7 Å². The molecular weight excluding hydrogens is 557 g/mol. The fraction of sp³-hybridized carbons (Fsp3) is 0.0952. The topological polar surface area (TPSA) is 29.0 Å². The Bertz CT molecular complexity index is 2280. The Labute approximate surface area is 271 Å². The van der Waals surface area contributed by atoms with Crippen LogP contribution in [0.5, 0.6) is 0 Å². The van der Waals surface area contributed by atoms with Crippen LogP contribution in [0.3, 0.4) is 0 Å². The van der Waals surface area contributed by atoms with E-state index in [0.29, 0.717) is 0 Å². The van der Waals surface area contributed by atoms with E-state index >= 15 is 0 Å². The molecule has 1 aliphatic heterocycles. The van der Waals surface area contributed by atoms with Crippen LogP contribution in [0.1, 0.15) is 22.3 Å². The number of hydrogen-bond donors (Lipinski definition) is 0. The van der Waals surface area contributed by atoms with E-state index < -0.39 is 0 Å². The van der Waals surface area contributed by atoms with Crippen LogP contribution in [0.4, 0.5) is 17.1 Å². The smallest absolute Gasteiger partial charge is 0.246 e. The minimum atomic E-state index is 0.0221. The minimum Gasteiger partial charge on any atom is -0.311 e. The predicted octanol–water partition coefficient (Wildman–Crippen LogP) is 8.50. The number of nitrogens with zero attached hydrogens (tertiary/aromatic N) is 3. The first-order valence-corrected chi connectivity index (χ1v) is 15.9. The highest BCUT2D eigenvalue weighted by molar-refractivity contribution is 6.98. The molecule has 0 aliphatic carbocycles. The largest absolute Gasteiger partial charge is 0.311 e. The zero-order valence-corrected chi connectivity index (χ0v) is 26.6. The second kappa shape index (κ2) is 11.2. The van der Waals surface area contributed by atoms with Gasteiger partial charge in [-0.15, -0.1) is 0 Å². The predicted molar refractivity (Wildman–Crippen MR) is 195 cm³/mol. The fourth-order valence-corrected chi connectivity index (χ4v) is 7.29. The quantitative estimate of drug-likeness (QED) is 0.192. The zero-order valence-electron chi connectivity index (χ0n) is 26.6. The average molecular weight is 592 g/mol. The number of hydrogen-bond acceptors (Lipinski definition) is 3. The summed E-state index contributed by atoms with van der Waals surface area (Å²) in [6.45, 7) is 8.53. The van der Waals surface area contributed by atoms with Gasteiger partial charge >= 0.3 is 0 Å². The summed E-state index contributed by atoms with van der Waals surface area (Å²) in [4.78, 5) is 12.2. The highest BCUT2D eigenvalue weighted by Gasteiger charge is 2.36. The number of benzene rings is 5. The molecule has 0 radical (unpaired) electrons.